The first-order valence-corrected chi connectivity index (χ1v) is 10.7. The van der Waals surface area contributed by atoms with Gasteiger partial charge in [0.15, 0.2) is 0 Å². The Hall–Kier alpha value is -1.88. The predicted octanol–water partition coefficient (Wildman–Crippen LogP) is 4.89. The molecule has 1 N–H and O–H groups in total. The Morgan fingerprint density at radius 1 is 1.36 bits per heavy atom. The molecule has 4 fully saturated rings. The van der Waals surface area contributed by atoms with Crippen LogP contribution in [0.3, 0.4) is 0 Å². The van der Waals surface area contributed by atoms with Crippen LogP contribution in [-0.4, -0.2) is 39.6 Å². The molecule has 2 aromatic rings. The summed E-state index contributed by atoms with van der Waals surface area (Å²) in [4.78, 5) is 18.5. The largest absolute Gasteiger partial charge is 0.372 e. The zero-order valence-electron chi connectivity index (χ0n) is 16.7. The van der Waals surface area contributed by atoms with Crippen molar-refractivity contribution in [3.8, 4) is 0 Å². The molecular formula is C23H29FN2O2. The van der Waals surface area contributed by atoms with E-state index in [1.165, 1.54) is 18.9 Å². The van der Waals surface area contributed by atoms with Gasteiger partial charge in [0.05, 0.1) is 11.7 Å². The number of carbonyl (C=O) groups is 1. The first-order chi connectivity index (χ1) is 13.5. The second-order valence-corrected chi connectivity index (χ2v) is 9.14. The van der Waals surface area contributed by atoms with Crippen molar-refractivity contribution in [2.75, 3.05) is 0 Å². The number of nitrogens with one attached hydrogen (secondary N) is 1. The van der Waals surface area contributed by atoms with Crippen molar-refractivity contribution in [2.24, 2.45) is 0 Å². The highest BCUT2D eigenvalue weighted by Crippen LogP contribution is 2.52. The highest BCUT2D eigenvalue weighted by atomic mass is 19.1. The van der Waals surface area contributed by atoms with Gasteiger partial charge in [-0.2, -0.15) is 0 Å². The van der Waals surface area contributed by atoms with Gasteiger partial charge in [-0.3, -0.25) is 4.79 Å². The van der Waals surface area contributed by atoms with E-state index in [2.05, 4.69) is 16.8 Å². The summed E-state index contributed by atoms with van der Waals surface area (Å²) in [7, 11) is 0. The number of piperidine rings is 2. The molecule has 2 aliphatic heterocycles. The molecule has 1 aromatic heterocycles. The number of amides is 1. The molecule has 2 bridgehead atoms. The van der Waals surface area contributed by atoms with Crippen molar-refractivity contribution in [3.05, 3.63) is 35.8 Å². The Bertz CT molecular complexity index is 897. The maximum Gasteiger partial charge on any atom is 0.223 e. The first-order valence-electron chi connectivity index (χ1n) is 10.7. The minimum absolute atomic E-state index is 0.0230. The molecule has 1 aromatic carbocycles. The fourth-order valence-corrected chi connectivity index (χ4v) is 5.45. The Kier molecular flexibility index (Phi) is 4.27. The highest BCUT2D eigenvalue weighted by Gasteiger charge is 2.57. The minimum atomic E-state index is -0.224. The molecule has 6 rings (SSSR count). The normalized spacial score (nSPS) is 30.3. The van der Waals surface area contributed by atoms with Crippen LogP contribution in [-0.2, 0) is 9.53 Å². The van der Waals surface area contributed by atoms with Gasteiger partial charge in [0.2, 0.25) is 5.91 Å². The fourth-order valence-electron chi connectivity index (χ4n) is 5.45. The van der Waals surface area contributed by atoms with Gasteiger partial charge in [0.25, 0.3) is 0 Å². The molecule has 3 heterocycles. The summed E-state index contributed by atoms with van der Waals surface area (Å²) in [5.74, 6) is -0.0432. The average molecular weight is 384 g/mol. The van der Waals surface area contributed by atoms with Crippen molar-refractivity contribution >= 4 is 16.8 Å². The maximum atomic E-state index is 14.3. The van der Waals surface area contributed by atoms with E-state index in [9.17, 15) is 9.18 Å². The van der Waals surface area contributed by atoms with Gasteiger partial charge < -0.3 is 14.6 Å². The second-order valence-electron chi connectivity index (χ2n) is 9.14. The van der Waals surface area contributed by atoms with E-state index in [0.717, 1.165) is 36.8 Å². The van der Waals surface area contributed by atoms with Crippen molar-refractivity contribution in [2.45, 2.75) is 88.5 Å². The van der Waals surface area contributed by atoms with E-state index >= 15 is 0 Å². The Labute approximate surface area is 165 Å². The molecule has 5 heteroatoms. The Morgan fingerprint density at radius 2 is 2.14 bits per heavy atom. The SMILES string of the molecule is CCC1CC2(OC3CC3)CC(C2)N1C(=O)CC(C)c1c[nH]c2cccc(F)c12. The summed E-state index contributed by atoms with van der Waals surface area (Å²) in [6.45, 7) is 4.19. The summed E-state index contributed by atoms with van der Waals surface area (Å²) >= 11 is 0. The van der Waals surface area contributed by atoms with Crippen molar-refractivity contribution < 1.29 is 13.9 Å². The second kappa shape index (κ2) is 6.58. The van der Waals surface area contributed by atoms with Gasteiger partial charge in [0.1, 0.15) is 5.82 Å². The lowest BCUT2D eigenvalue weighted by atomic mass is 9.65. The molecule has 0 radical (unpaired) electrons. The number of fused-ring (bicyclic) bond motifs is 3. The number of rotatable bonds is 6. The highest BCUT2D eigenvalue weighted by molar-refractivity contribution is 5.86. The van der Waals surface area contributed by atoms with Crippen LogP contribution in [0.2, 0.25) is 0 Å². The van der Waals surface area contributed by atoms with E-state index in [0.29, 0.717) is 24.0 Å². The van der Waals surface area contributed by atoms with Crippen LogP contribution < -0.4 is 0 Å². The van der Waals surface area contributed by atoms with E-state index in [-0.39, 0.29) is 29.3 Å². The van der Waals surface area contributed by atoms with Gasteiger partial charge >= 0.3 is 0 Å². The summed E-state index contributed by atoms with van der Waals surface area (Å²) in [6.07, 6.45) is 9.06. The Morgan fingerprint density at radius 3 is 2.86 bits per heavy atom. The van der Waals surface area contributed by atoms with Gasteiger partial charge in [-0.15, -0.1) is 0 Å². The molecule has 4 aliphatic rings. The number of aromatic amines is 1. The van der Waals surface area contributed by atoms with Gasteiger partial charge in [-0.25, -0.2) is 4.39 Å². The molecule has 2 atom stereocenters. The topological polar surface area (TPSA) is 45.3 Å². The van der Waals surface area contributed by atoms with Crippen molar-refractivity contribution in [1.82, 2.24) is 9.88 Å². The summed E-state index contributed by atoms with van der Waals surface area (Å²) in [5.41, 5.74) is 1.72. The van der Waals surface area contributed by atoms with Crippen LogP contribution in [0.4, 0.5) is 4.39 Å². The van der Waals surface area contributed by atoms with Crippen molar-refractivity contribution in [1.29, 1.82) is 0 Å². The van der Waals surface area contributed by atoms with E-state index in [1.807, 2.05) is 19.2 Å². The zero-order chi connectivity index (χ0) is 19.5. The molecule has 2 unspecified atom stereocenters. The molecule has 2 aliphatic carbocycles. The monoisotopic (exact) mass is 384 g/mol. The van der Waals surface area contributed by atoms with Crippen molar-refractivity contribution in [3.63, 3.8) is 0 Å². The van der Waals surface area contributed by atoms with E-state index in [1.54, 1.807) is 6.07 Å². The number of hydrogen-bond acceptors (Lipinski definition) is 2. The van der Waals surface area contributed by atoms with Gasteiger partial charge in [0, 0.05) is 35.6 Å². The lowest BCUT2D eigenvalue weighted by Crippen LogP contribution is -2.68. The first kappa shape index (κ1) is 18.2. The third-order valence-corrected chi connectivity index (χ3v) is 7.01. The van der Waals surface area contributed by atoms with Crippen LogP contribution >= 0.6 is 0 Å². The number of benzene rings is 1. The Balaban J connectivity index is 1.31. The number of ether oxygens (including phenoxy) is 1. The molecule has 28 heavy (non-hydrogen) atoms. The van der Waals surface area contributed by atoms with Crippen LogP contribution in [0.15, 0.2) is 24.4 Å². The van der Waals surface area contributed by atoms with Gasteiger partial charge in [-0.05, 0) is 62.1 Å². The molecule has 4 nitrogen and oxygen atoms in total. The maximum absolute atomic E-state index is 14.3. The van der Waals surface area contributed by atoms with Gasteiger partial charge in [-0.1, -0.05) is 19.9 Å². The average Bonchev–Trinajstić information content (AvgIpc) is 3.34. The summed E-state index contributed by atoms with van der Waals surface area (Å²) < 4.78 is 20.7. The number of hydrogen-bond donors (Lipinski definition) is 1. The third-order valence-electron chi connectivity index (χ3n) is 7.01. The lowest BCUT2D eigenvalue weighted by Gasteiger charge is -2.60. The third kappa shape index (κ3) is 2.95. The lowest BCUT2D eigenvalue weighted by molar-refractivity contribution is -0.204. The number of H-pyrrole nitrogens is 1. The van der Waals surface area contributed by atoms with E-state index < -0.39 is 0 Å². The van der Waals surface area contributed by atoms with E-state index in [4.69, 9.17) is 4.74 Å². The van der Waals surface area contributed by atoms with Crippen LogP contribution in [0, 0.1) is 5.82 Å². The number of nitrogens with zero attached hydrogens (tertiary/aromatic N) is 1. The number of halogens is 1. The molecular weight excluding hydrogens is 355 g/mol. The molecule has 1 amide bonds. The predicted molar refractivity (Wildman–Crippen MR) is 107 cm³/mol. The smallest absolute Gasteiger partial charge is 0.223 e. The fraction of sp³-hybridized carbons (Fsp3) is 0.609. The number of carbonyl (C=O) groups excluding carboxylic acids is 1. The van der Waals surface area contributed by atoms with Crippen LogP contribution in [0.5, 0.6) is 0 Å². The minimum Gasteiger partial charge on any atom is -0.372 e. The summed E-state index contributed by atoms with van der Waals surface area (Å²) in [5, 5.41) is 0.619. The number of aromatic nitrogens is 1. The molecule has 2 saturated heterocycles. The standard InChI is InChI=1S/C23H29FN2O2/c1-3-15-10-23(28-17-7-8-17)11-16(12-23)26(15)21(27)9-14(2)18-13-25-20-6-4-5-19(24)22(18)20/h4-6,13-17,25H,3,7-12H2,1-2H3. The zero-order valence-corrected chi connectivity index (χ0v) is 16.7. The molecule has 150 valence electrons. The summed E-state index contributed by atoms with van der Waals surface area (Å²) in [6, 6.07) is 5.66. The quantitative estimate of drug-likeness (QED) is 0.771. The molecule has 2 saturated carbocycles. The molecule has 0 spiro atoms. The van der Waals surface area contributed by atoms with Crippen LogP contribution in [0.25, 0.3) is 10.9 Å². The van der Waals surface area contributed by atoms with Crippen LogP contribution in [0.1, 0.15) is 70.3 Å².